The van der Waals surface area contributed by atoms with Crippen molar-refractivity contribution < 1.29 is 19.1 Å². The lowest BCUT2D eigenvalue weighted by Crippen LogP contribution is -2.46. The van der Waals surface area contributed by atoms with Gasteiger partial charge in [-0.25, -0.2) is 9.78 Å². The number of rotatable bonds is 3. The van der Waals surface area contributed by atoms with E-state index in [1.807, 2.05) is 0 Å². The lowest BCUT2D eigenvalue weighted by atomic mass is 10.2. The van der Waals surface area contributed by atoms with E-state index in [0.717, 1.165) is 12.8 Å². The zero-order valence-corrected chi connectivity index (χ0v) is 12.1. The molecular formula is C13H16N2O4S. The summed E-state index contributed by atoms with van der Waals surface area (Å²) in [6, 6.07) is -0.775. The van der Waals surface area contributed by atoms with E-state index in [-0.39, 0.29) is 17.0 Å². The molecule has 2 aliphatic rings. The first kappa shape index (κ1) is 13.5. The van der Waals surface area contributed by atoms with E-state index < -0.39 is 12.0 Å². The van der Waals surface area contributed by atoms with Crippen LogP contribution in [0.4, 0.5) is 0 Å². The predicted molar refractivity (Wildman–Crippen MR) is 72.5 cm³/mol. The monoisotopic (exact) mass is 296 g/mol. The standard InChI is InChI=1S/C13H16N2O4S/c1-6-10(19-7(2)14-6)11(16)15-9(13(17)18)5-20-12(15)8-3-4-8/h8-9,12H,3-5H2,1-2H3,(H,17,18). The predicted octanol–water partition coefficient (Wildman–Crippen LogP) is 1.67. The van der Waals surface area contributed by atoms with E-state index in [2.05, 4.69) is 4.98 Å². The summed E-state index contributed by atoms with van der Waals surface area (Å²) in [6.07, 6.45) is 2.12. The summed E-state index contributed by atoms with van der Waals surface area (Å²) in [5.41, 5.74) is 0.517. The normalized spacial score (nSPS) is 26.0. The summed E-state index contributed by atoms with van der Waals surface area (Å²) in [5, 5.41) is 9.27. The molecule has 108 valence electrons. The Balaban J connectivity index is 1.92. The number of hydrogen-bond acceptors (Lipinski definition) is 5. The Bertz CT molecular complexity index is 567. The maximum Gasteiger partial charge on any atom is 0.327 e. The minimum absolute atomic E-state index is 0.0478. The van der Waals surface area contributed by atoms with Gasteiger partial charge in [0.2, 0.25) is 5.76 Å². The van der Waals surface area contributed by atoms with E-state index in [1.165, 1.54) is 4.90 Å². The molecule has 20 heavy (non-hydrogen) atoms. The quantitative estimate of drug-likeness (QED) is 0.913. The van der Waals surface area contributed by atoms with Gasteiger partial charge in [-0.15, -0.1) is 11.8 Å². The molecule has 1 saturated carbocycles. The number of carboxylic acids is 1. The van der Waals surface area contributed by atoms with Crippen molar-refractivity contribution in [2.24, 2.45) is 5.92 Å². The van der Waals surface area contributed by atoms with Gasteiger partial charge in [-0.2, -0.15) is 0 Å². The second kappa shape index (κ2) is 4.80. The first-order valence-electron chi connectivity index (χ1n) is 6.60. The van der Waals surface area contributed by atoms with Crippen LogP contribution in [-0.4, -0.2) is 44.0 Å². The van der Waals surface area contributed by atoms with Gasteiger partial charge in [-0.3, -0.25) is 4.79 Å². The molecule has 0 bridgehead atoms. The Morgan fingerprint density at radius 2 is 2.10 bits per heavy atom. The molecular weight excluding hydrogens is 280 g/mol. The third-order valence-corrected chi connectivity index (χ3v) is 5.14. The number of carbonyl (C=O) groups excluding carboxylic acids is 1. The molecule has 2 atom stereocenters. The fourth-order valence-electron chi connectivity index (χ4n) is 2.57. The highest BCUT2D eigenvalue weighted by Gasteiger charge is 2.49. The minimum atomic E-state index is -0.956. The van der Waals surface area contributed by atoms with Crippen LogP contribution >= 0.6 is 11.8 Å². The highest BCUT2D eigenvalue weighted by atomic mass is 32.2. The Morgan fingerprint density at radius 3 is 2.60 bits per heavy atom. The van der Waals surface area contributed by atoms with Crippen LogP contribution in [0.15, 0.2) is 4.42 Å². The summed E-state index contributed by atoms with van der Waals surface area (Å²) in [4.78, 5) is 29.6. The molecule has 1 amide bonds. The van der Waals surface area contributed by atoms with Gasteiger partial charge >= 0.3 is 5.97 Å². The van der Waals surface area contributed by atoms with Crippen molar-refractivity contribution in [3.05, 3.63) is 17.3 Å². The van der Waals surface area contributed by atoms with Gasteiger partial charge in [0.05, 0.1) is 11.1 Å². The molecule has 0 spiro atoms. The molecule has 7 heteroatoms. The minimum Gasteiger partial charge on any atom is -0.480 e. The van der Waals surface area contributed by atoms with E-state index in [9.17, 15) is 14.7 Å². The molecule has 2 heterocycles. The smallest absolute Gasteiger partial charge is 0.327 e. The number of thioether (sulfide) groups is 1. The van der Waals surface area contributed by atoms with Crippen LogP contribution in [0, 0.1) is 19.8 Å². The van der Waals surface area contributed by atoms with Gasteiger partial charge in [0, 0.05) is 12.7 Å². The summed E-state index contributed by atoms with van der Waals surface area (Å²) >= 11 is 1.56. The fraction of sp³-hybridized carbons (Fsp3) is 0.615. The van der Waals surface area contributed by atoms with Crippen molar-refractivity contribution >= 4 is 23.6 Å². The van der Waals surface area contributed by atoms with Gasteiger partial charge in [0.15, 0.2) is 5.89 Å². The maximum atomic E-state index is 12.7. The van der Waals surface area contributed by atoms with E-state index >= 15 is 0 Å². The Labute approximate surface area is 120 Å². The molecule has 0 radical (unpaired) electrons. The number of nitrogens with zero attached hydrogens (tertiary/aromatic N) is 2. The molecule has 2 unspecified atom stereocenters. The topological polar surface area (TPSA) is 83.6 Å². The molecule has 0 aromatic carbocycles. The number of carboxylic acid groups (broad SMARTS) is 1. The van der Waals surface area contributed by atoms with Crippen molar-refractivity contribution in [1.82, 2.24) is 9.88 Å². The maximum absolute atomic E-state index is 12.7. The van der Waals surface area contributed by atoms with Crippen LogP contribution < -0.4 is 0 Å². The van der Waals surface area contributed by atoms with Crippen LogP contribution in [0.1, 0.15) is 35.0 Å². The highest BCUT2D eigenvalue weighted by molar-refractivity contribution is 8.00. The van der Waals surface area contributed by atoms with Crippen LogP contribution in [0.25, 0.3) is 0 Å². The van der Waals surface area contributed by atoms with Crippen molar-refractivity contribution in [2.75, 3.05) is 5.75 Å². The number of oxazole rings is 1. The molecule has 1 aliphatic carbocycles. The average Bonchev–Trinajstić information content (AvgIpc) is 3.03. The van der Waals surface area contributed by atoms with Gasteiger partial charge in [-0.05, 0) is 25.7 Å². The molecule has 1 aromatic rings. The third kappa shape index (κ3) is 2.19. The number of hydrogen-bond donors (Lipinski definition) is 1. The van der Waals surface area contributed by atoms with Gasteiger partial charge in [0.25, 0.3) is 5.91 Å². The summed E-state index contributed by atoms with van der Waals surface area (Å²) < 4.78 is 5.36. The first-order valence-corrected chi connectivity index (χ1v) is 7.65. The SMILES string of the molecule is Cc1nc(C)c(C(=O)N2C(C(=O)O)CSC2C2CC2)o1. The van der Waals surface area contributed by atoms with Gasteiger partial charge in [0.1, 0.15) is 6.04 Å². The molecule has 1 aliphatic heterocycles. The van der Waals surface area contributed by atoms with Crippen molar-refractivity contribution in [1.29, 1.82) is 0 Å². The molecule has 6 nitrogen and oxygen atoms in total. The van der Waals surface area contributed by atoms with Crippen LogP contribution in [0.3, 0.4) is 0 Å². The molecule has 1 N–H and O–H groups in total. The van der Waals surface area contributed by atoms with Crippen LogP contribution in [0.2, 0.25) is 0 Å². The number of aliphatic carboxylic acids is 1. The Kier molecular flexibility index (Phi) is 3.24. The second-order valence-electron chi connectivity index (χ2n) is 5.28. The van der Waals surface area contributed by atoms with E-state index in [0.29, 0.717) is 23.3 Å². The fourth-order valence-corrected chi connectivity index (χ4v) is 4.20. The number of aryl methyl sites for hydroxylation is 2. The van der Waals surface area contributed by atoms with Crippen molar-refractivity contribution in [2.45, 2.75) is 38.1 Å². The van der Waals surface area contributed by atoms with E-state index in [1.54, 1.807) is 25.6 Å². The van der Waals surface area contributed by atoms with Crippen molar-refractivity contribution in [3.63, 3.8) is 0 Å². The Hall–Kier alpha value is -1.50. The molecule has 1 saturated heterocycles. The third-order valence-electron chi connectivity index (χ3n) is 3.68. The lowest BCUT2D eigenvalue weighted by molar-refractivity contribution is -0.141. The summed E-state index contributed by atoms with van der Waals surface area (Å²) in [6.45, 7) is 3.38. The number of carbonyl (C=O) groups is 2. The second-order valence-corrected chi connectivity index (χ2v) is 6.42. The highest BCUT2D eigenvalue weighted by Crippen LogP contribution is 2.46. The molecule has 1 aromatic heterocycles. The van der Waals surface area contributed by atoms with Crippen LogP contribution in [-0.2, 0) is 4.79 Å². The zero-order valence-electron chi connectivity index (χ0n) is 11.3. The Morgan fingerprint density at radius 1 is 1.40 bits per heavy atom. The van der Waals surface area contributed by atoms with Crippen LogP contribution in [0.5, 0.6) is 0 Å². The largest absolute Gasteiger partial charge is 0.480 e. The van der Waals surface area contributed by atoms with Crippen molar-refractivity contribution in [3.8, 4) is 0 Å². The summed E-state index contributed by atoms with van der Waals surface area (Å²) in [7, 11) is 0. The first-order chi connectivity index (χ1) is 9.49. The lowest BCUT2D eigenvalue weighted by Gasteiger charge is -2.26. The van der Waals surface area contributed by atoms with E-state index in [4.69, 9.17) is 4.42 Å². The van der Waals surface area contributed by atoms with Gasteiger partial charge < -0.3 is 14.4 Å². The zero-order chi connectivity index (χ0) is 14.4. The summed E-state index contributed by atoms with van der Waals surface area (Å²) in [5.74, 6) is 0.140. The molecule has 3 rings (SSSR count). The average molecular weight is 296 g/mol. The van der Waals surface area contributed by atoms with Gasteiger partial charge in [-0.1, -0.05) is 0 Å². The molecule has 2 fully saturated rings. The number of aromatic nitrogens is 1. The number of amides is 1.